The van der Waals surface area contributed by atoms with Crippen molar-refractivity contribution in [3.63, 3.8) is 0 Å². The number of amides is 1. The Kier molecular flexibility index (Phi) is 4.52. The lowest BCUT2D eigenvalue weighted by Crippen LogP contribution is -2.33. The Balaban J connectivity index is 3.01. The molecule has 0 unspecified atom stereocenters. The van der Waals surface area contributed by atoms with E-state index in [1.807, 2.05) is 13.0 Å². The largest absolute Gasteiger partial charge is 0.325 e. The summed E-state index contributed by atoms with van der Waals surface area (Å²) in [4.78, 5) is 16.1. The maximum atomic E-state index is 13.3. The molecule has 0 saturated heterocycles. The smallest absolute Gasteiger partial charge is 0.257 e. The first-order valence-corrected chi connectivity index (χ1v) is 5.08. The van der Waals surface area contributed by atoms with E-state index in [0.717, 1.165) is 17.2 Å². The van der Waals surface area contributed by atoms with Gasteiger partial charge in [-0.1, -0.05) is 6.92 Å². The van der Waals surface area contributed by atoms with Crippen LogP contribution in [0.5, 0.6) is 0 Å². The highest BCUT2D eigenvalue weighted by Crippen LogP contribution is 2.12. The summed E-state index contributed by atoms with van der Waals surface area (Å²) in [6.07, 6.45) is 1.64. The van der Waals surface area contributed by atoms with E-state index >= 15 is 0 Å². The molecule has 1 aromatic heterocycles. The molecule has 1 rings (SSSR count). The molecule has 6 heteroatoms. The Morgan fingerprint density at radius 3 is 2.88 bits per heavy atom. The van der Waals surface area contributed by atoms with Gasteiger partial charge in [0.15, 0.2) is 5.82 Å². The second-order valence-electron chi connectivity index (χ2n) is 3.35. The van der Waals surface area contributed by atoms with Gasteiger partial charge in [0.2, 0.25) is 5.95 Å². The van der Waals surface area contributed by atoms with Crippen molar-refractivity contribution in [2.45, 2.75) is 13.3 Å². The fourth-order valence-corrected chi connectivity index (χ4v) is 1.36. The van der Waals surface area contributed by atoms with Crippen molar-refractivity contribution >= 4 is 5.91 Å². The number of nitriles is 1. The monoisotopic (exact) mass is 239 g/mol. The summed E-state index contributed by atoms with van der Waals surface area (Å²) >= 11 is 0. The molecule has 0 aliphatic carbocycles. The second kappa shape index (κ2) is 5.89. The van der Waals surface area contributed by atoms with Gasteiger partial charge in [0, 0.05) is 12.7 Å². The molecule has 0 spiro atoms. The first-order valence-electron chi connectivity index (χ1n) is 5.08. The van der Waals surface area contributed by atoms with Crippen molar-refractivity contribution in [3.05, 3.63) is 29.6 Å². The summed E-state index contributed by atoms with van der Waals surface area (Å²) in [5.74, 6) is -3.30. The zero-order chi connectivity index (χ0) is 12.8. The van der Waals surface area contributed by atoms with E-state index in [4.69, 9.17) is 5.26 Å². The topological polar surface area (TPSA) is 57.0 Å². The van der Waals surface area contributed by atoms with E-state index in [-0.39, 0.29) is 6.54 Å². The van der Waals surface area contributed by atoms with Crippen LogP contribution in [0, 0.1) is 23.1 Å². The highest BCUT2D eigenvalue weighted by molar-refractivity contribution is 5.94. The summed E-state index contributed by atoms with van der Waals surface area (Å²) in [6, 6.07) is 2.91. The Hall–Kier alpha value is -2.03. The van der Waals surface area contributed by atoms with Crippen LogP contribution in [0.25, 0.3) is 0 Å². The van der Waals surface area contributed by atoms with Gasteiger partial charge in [0.25, 0.3) is 5.91 Å². The molecule has 0 fully saturated rings. The number of nitrogens with zero attached hydrogens (tertiary/aromatic N) is 3. The van der Waals surface area contributed by atoms with E-state index in [9.17, 15) is 13.6 Å². The van der Waals surface area contributed by atoms with Gasteiger partial charge in [-0.15, -0.1) is 0 Å². The maximum Gasteiger partial charge on any atom is 0.257 e. The fourth-order valence-electron chi connectivity index (χ4n) is 1.36. The molecule has 0 aromatic carbocycles. The van der Waals surface area contributed by atoms with Crippen LogP contribution >= 0.6 is 0 Å². The zero-order valence-electron chi connectivity index (χ0n) is 9.28. The molecular weight excluding hydrogens is 228 g/mol. The first-order chi connectivity index (χ1) is 8.11. The van der Waals surface area contributed by atoms with E-state index < -0.39 is 23.2 Å². The molecule has 1 amide bonds. The van der Waals surface area contributed by atoms with Crippen molar-refractivity contribution in [2.75, 3.05) is 13.1 Å². The predicted molar refractivity (Wildman–Crippen MR) is 56.0 cm³/mol. The van der Waals surface area contributed by atoms with Crippen LogP contribution in [0.3, 0.4) is 0 Å². The van der Waals surface area contributed by atoms with Crippen molar-refractivity contribution in [3.8, 4) is 6.07 Å². The number of hydrogen-bond acceptors (Lipinski definition) is 3. The molecule has 0 N–H and O–H groups in total. The summed E-state index contributed by atoms with van der Waals surface area (Å²) < 4.78 is 26.2. The number of carbonyl (C=O) groups excluding carboxylic acids is 1. The van der Waals surface area contributed by atoms with Crippen LogP contribution in [0.4, 0.5) is 8.78 Å². The molecule has 0 atom stereocenters. The minimum atomic E-state index is -1.32. The van der Waals surface area contributed by atoms with Gasteiger partial charge in [-0.3, -0.25) is 4.79 Å². The van der Waals surface area contributed by atoms with Gasteiger partial charge in [-0.25, -0.2) is 9.37 Å². The molecule has 0 aliphatic heterocycles. The zero-order valence-corrected chi connectivity index (χ0v) is 9.28. The van der Waals surface area contributed by atoms with Crippen LogP contribution in [-0.2, 0) is 0 Å². The number of carbonyl (C=O) groups is 1. The molecule has 0 aliphatic rings. The molecular formula is C11H11F2N3O. The van der Waals surface area contributed by atoms with Gasteiger partial charge < -0.3 is 4.90 Å². The quantitative estimate of drug-likeness (QED) is 0.594. The third-order valence-electron chi connectivity index (χ3n) is 2.12. The fraction of sp³-hybridized carbons (Fsp3) is 0.364. The van der Waals surface area contributed by atoms with Crippen LogP contribution in [0.15, 0.2) is 12.3 Å². The van der Waals surface area contributed by atoms with Crippen molar-refractivity contribution in [2.24, 2.45) is 0 Å². The summed E-state index contributed by atoms with van der Waals surface area (Å²) in [6.45, 7) is 1.98. The van der Waals surface area contributed by atoms with Crippen LogP contribution < -0.4 is 0 Å². The Morgan fingerprint density at radius 2 is 2.29 bits per heavy atom. The van der Waals surface area contributed by atoms with Gasteiger partial charge >= 0.3 is 0 Å². The highest BCUT2D eigenvalue weighted by Gasteiger charge is 2.21. The highest BCUT2D eigenvalue weighted by atomic mass is 19.2. The minimum Gasteiger partial charge on any atom is -0.325 e. The van der Waals surface area contributed by atoms with Crippen molar-refractivity contribution in [1.82, 2.24) is 9.88 Å². The molecule has 90 valence electrons. The van der Waals surface area contributed by atoms with Crippen molar-refractivity contribution in [1.29, 1.82) is 5.26 Å². The molecule has 17 heavy (non-hydrogen) atoms. The molecule has 1 heterocycles. The summed E-state index contributed by atoms with van der Waals surface area (Å²) in [5.41, 5.74) is -0.402. The third kappa shape index (κ3) is 2.97. The van der Waals surface area contributed by atoms with Gasteiger partial charge in [-0.2, -0.15) is 9.65 Å². The normalized spacial score (nSPS) is 9.76. The Bertz CT molecular complexity index is 457. The number of hydrogen-bond donors (Lipinski definition) is 0. The molecule has 0 bridgehead atoms. The lowest BCUT2D eigenvalue weighted by Gasteiger charge is -2.18. The van der Waals surface area contributed by atoms with Crippen LogP contribution in [-0.4, -0.2) is 28.9 Å². The maximum absolute atomic E-state index is 13.3. The second-order valence-corrected chi connectivity index (χ2v) is 3.35. The molecule has 1 aromatic rings. The van der Waals surface area contributed by atoms with Gasteiger partial charge in [-0.05, 0) is 12.5 Å². The average molecular weight is 239 g/mol. The summed E-state index contributed by atoms with van der Waals surface area (Å²) in [7, 11) is 0. The Morgan fingerprint density at radius 1 is 1.59 bits per heavy atom. The number of halogens is 2. The minimum absolute atomic E-state index is 0.157. The third-order valence-corrected chi connectivity index (χ3v) is 2.12. The average Bonchev–Trinajstić information content (AvgIpc) is 2.31. The van der Waals surface area contributed by atoms with E-state index in [1.165, 1.54) is 0 Å². The van der Waals surface area contributed by atoms with E-state index in [1.54, 1.807) is 0 Å². The van der Waals surface area contributed by atoms with Crippen LogP contribution in [0.1, 0.15) is 23.7 Å². The van der Waals surface area contributed by atoms with Crippen molar-refractivity contribution < 1.29 is 13.6 Å². The first kappa shape index (κ1) is 13.0. The molecule has 0 radical (unpaired) electrons. The predicted octanol–water partition coefficient (Wildman–Crippen LogP) is 1.74. The van der Waals surface area contributed by atoms with Gasteiger partial charge in [0.05, 0.1) is 11.6 Å². The van der Waals surface area contributed by atoms with Gasteiger partial charge in [0.1, 0.15) is 6.54 Å². The standard InChI is InChI=1S/C11H11F2N3O/c1-2-6-16(7-4-14)11(17)8-3-5-15-10(13)9(8)12/h3,5H,2,6-7H2,1H3. The van der Waals surface area contributed by atoms with E-state index in [2.05, 4.69) is 4.98 Å². The molecule has 0 saturated carbocycles. The number of rotatable bonds is 4. The number of pyridine rings is 1. The van der Waals surface area contributed by atoms with E-state index in [0.29, 0.717) is 13.0 Å². The SMILES string of the molecule is CCCN(CC#N)C(=O)c1ccnc(F)c1F. The lowest BCUT2D eigenvalue weighted by molar-refractivity contribution is 0.0770. The molecule has 4 nitrogen and oxygen atoms in total. The summed E-state index contributed by atoms with van der Waals surface area (Å²) in [5, 5.41) is 8.56. The Labute approximate surface area is 97.5 Å². The number of aromatic nitrogens is 1. The van der Waals surface area contributed by atoms with Crippen LogP contribution in [0.2, 0.25) is 0 Å². The lowest BCUT2D eigenvalue weighted by atomic mass is 10.2.